The molecule has 0 aromatic heterocycles. The van der Waals surface area contributed by atoms with E-state index < -0.39 is 60.3 Å². The van der Waals surface area contributed by atoms with Crippen LogP contribution in [0.15, 0.2) is 0 Å². The third kappa shape index (κ3) is 9.13. The smallest absolute Gasteiger partial charge is 0.303 e. The lowest BCUT2D eigenvalue weighted by Crippen LogP contribution is -2.70. The van der Waals surface area contributed by atoms with Gasteiger partial charge in [0.1, 0.15) is 18.8 Å². The summed E-state index contributed by atoms with van der Waals surface area (Å²) in [5.74, 6) is -2.98. The van der Waals surface area contributed by atoms with Crippen molar-refractivity contribution in [3.63, 3.8) is 0 Å². The summed E-state index contributed by atoms with van der Waals surface area (Å²) in [7, 11) is 0. The maximum absolute atomic E-state index is 11.8. The zero-order valence-corrected chi connectivity index (χ0v) is 18.5. The van der Waals surface area contributed by atoms with Gasteiger partial charge >= 0.3 is 17.9 Å². The molecule has 1 fully saturated rings. The maximum atomic E-state index is 11.8. The van der Waals surface area contributed by atoms with Crippen molar-refractivity contribution in [2.75, 3.05) is 6.61 Å². The Hall–Kier alpha value is -3.00. The summed E-state index contributed by atoms with van der Waals surface area (Å²) in [4.78, 5) is 57.6. The Balaban J connectivity index is 3.27. The molecule has 1 aliphatic rings. The average molecular weight is 462 g/mol. The van der Waals surface area contributed by atoms with E-state index in [1.807, 2.05) is 0 Å². The van der Waals surface area contributed by atoms with E-state index in [1.54, 1.807) is 0 Å². The minimum Gasteiger partial charge on any atom is -0.463 e. The quantitative estimate of drug-likeness (QED) is 0.151. The van der Waals surface area contributed by atoms with E-state index in [1.165, 1.54) is 20.8 Å². The first-order valence-electron chi connectivity index (χ1n) is 9.14. The van der Waals surface area contributed by atoms with Gasteiger partial charge in [-0.15, -0.1) is 0 Å². The number of amides is 2. The van der Waals surface area contributed by atoms with Gasteiger partial charge in [-0.2, -0.15) is 0 Å². The molecule has 1 heterocycles. The topological polar surface area (TPSA) is 170 Å². The van der Waals surface area contributed by atoms with Crippen LogP contribution in [0.1, 0.15) is 34.6 Å². The third-order valence-corrected chi connectivity index (χ3v) is 3.96. The molecule has 13 nitrogen and oxygen atoms in total. The number of carbonyl (C=O) groups is 5. The monoisotopic (exact) mass is 462 g/mol. The molecular formula is C17H26N4O9S. The van der Waals surface area contributed by atoms with Gasteiger partial charge in [0.15, 0.2) is 23.5 Å². The summed E-state index contributed by atoms with van der Waals surface area (Å²) in [5, 5.41) is 5.20. The van der Waals surface area contributed by atoms with E-state index in [0.29, 0.717) is 0 Å². The number of hydrogen-bond donors (Lipinski definition) is 4. The van der Waals surface area contributed by atoms with Gasteiger partial charge < -0.3 is 29.6 Å². The molecule has 5 atom stereocenters. The number of esters is 3. The third-order valence-electron chi connectivity index (χ3n) is 3.74. The lowest BCUT2D eigenvalue weighted by molar-refractivity contribution is -0.225. The molecule has 31 heavy (non-hydrogen) atoms. The van der Waals surface area contributed by atoms with Crippen LogP contribution in [0, 0.1) is 0 Å². The van der Waals surface area contributed by atoms with E-state index >= 15 is 0 Å². The first kappa shape index (κ1) is 26.0. The lowest BCUT2D eigenvalue weighted by Gasteiger charge is -2.45. The predicted octanol–water partition coefficient (Wildman–Crippen LogP) is -1.84. The molecule has 174 valence electrons. The largest absolute Gasteiger partial charge is 0.463 e. The molecule has 0 unspecified atom stereocenters. The molecule has 0 aromatic rings. The first-order chi connectivity index (χ1) is 14.4. The van der Waals surface area contributed by atoms with Crippen LogP contribution < -0.4 is 21.5 Å². The van der Waals surface area contributed by atoms with Crippen LogP contribution in [-0.4, -0.2) is 72.0 Å². The molecule has 1 saturated heterocycles. The van der Waals surface area contributed by atoms with Gasteiger partial charge in [-0.1, -0.05) is 0 Å². The number of hydrazine groups is 1. The molecule has 1 aliphatic heterocycles. The molecule has 0 radical (unpaired) electrons. The Labute approximate surface area is 183 Å². The van der Waals surface area contributed by atoms with E-state index in [-0.39, 0.29) is 11.7 Å². The SMILES string of the molecule is CC(=O)NNC(=S)N[C@@H]1O[C@H](COC(C)=O)[C@@H](OC(C)=O)[C@H](OC(C)=O)[C@H]1NC(C)=O. The highest BCUT2D eigenvalue weighted by molar-refractivity contribution is 7.80. The van der Waals surface area contributed by atoms with Gasteiger partial charge in [-0.3, -0.25) is 34.8 Å². The molecule has 14 heteroatoms. The molecule has 0 aromatic carbocycles. The van der Waals surface area contributed by atoms with Crippen LogP contribution in [0.4, 0.5) is 0 Å². The Bertz CT molecular complexity index is 732. The molecule has 0 spiro atoms. The van der Waals surface area contributed by atoms with E-state index in [0.717, 1.165) is 13.8 Å². The van der Waals surface area contributed by atoms with Crippen molar-refractivity contribution in [1.82, 2.24) is 21.5 Å². The second-order valence-corrected chi connectivity index (χ2v) is 6.96. The average Bonchev–Trinajstić information content (AvgIpc) is 2.62. The van der Waals surface area contributed by atoms with Crippen LogP contribution >= 0.6 is 12.2 Å². The normalized spacial score (nSPS) is 24.7. The Morgan fingerprint density at radius 1 is 0.806 bits per heavy atom. The van der Waals surface area contributed by atoms with Gasteiger partial charge in [-0.05, 0) is 12.2 Å². The number of carbonyl (C=O) groups excluding carboxylic acids is 5. The summed E-state index contributed by atoms with van der Waals surface area (Å²) in [6, 6.07) is -1.07. The summed E-state index contributed by atoms with van der Waals surface area (Å²) in [5.41, 5.74) is 4.68. The highest BCUT2D eigenvalue weighted by Crippen LogP contribution is 2.26. The fourth-order valence-electron chi connectivity index (χ4n) is 2.77. The Morgan fingerprint density at radius 2 is 1.39 bits per heavy atom. The standard InChI is InChI=1S/C17H26N4O9S/c1-7(22)18-13-15(29-11(5)26)14(28-10(4)25)12(6-27-9(3)24)30-16(13)19-17(31)21-20-8(2)23/h12-16H,6H2,1-5H3,(H,18,22)(H,20,23)(H2,19,21,31)/t12-,13-,14-,15-,16-/m1/s1. The fraction of sp³-hybridized carbons (Fsp3) is 0.647. The Kier molecular flexibility index (Phi) is 10.1. The molecule has 0 aliphatic carbocycles. The summed E-state index contributed by atoms with van der Waals surface area (Å²) in [6.45, 7) is 5.58. The maximum Gasteiger partial charge on any atom is 0.303 e. The number of ether oxygens (including phenoxy) is 4. The highest BCUT2D eigenvalue weighted by Gasteiger charge is 2.51. The summed E-state index contributed by atoms with van der Waals surface area (Å²) < 4.78 is 21.4. The van der Waals surface area contributed by atoms with E-state index in [4.69, 9.17) is 31.2 Å². The van der Waals surface area contributed by atoms with Crippen LogP contribution in [-0.2, 0) is 42.9 Å². The lowest BCUT2D eigenvalue weighted by atomic mass is 9.95. The molecule has 1 rings (SSSR count). The molecule has 4 N–H and O–H groups in total. The fourth-order valence-corrected chi connectivity index (χ4v) is 2.93. The molecule has 0 bridgehead atoms. The van der Waals surface area contributed by atoms with Crippen molar-refractivity contribution >= 4 is 47.1 Å². The van der Waals surface area contributed by atoms with Gasteiger partial charge in [0.2, 0.25) is 11.8 Å². The number of rotatable bonds is 6. The molecular weight excluding hydrogens is 436 g/mol. The van der Waals surface area contributed by atoms with E-state index in [2.05, 4.69) is 21.5 Å². The van der Waals surface area contributed by atoms with Gasteiger partial charge in [0.05, 0.1) is 0 Å². The van der Waals surface area contributed by atoms with Crippen molar-refractivity contribution in [2.24, 2.45) is 0 Å². The van der Waals surface area contributed by atoms with Gasteiger partial charge in [-0.25, -0.2) is 0 Å². The highest BCUT2D eigenvalue weighted by atomic mass is 32.1. The number of hydrogen-bond acceptors (Lipinski definition) is 10. The minimum atomic E-state index is -1.22. The summed E-state index contributed by atoms with van der Waals surface area (Å²) >= 11 is 5.08. The second kappa shape index (κ2) is 12.0. The first-order valence-corrected chi connectivity index (χ1v) is 9.55. The van der Waals surface area contributed by atoms with Crippen LogP contribution in [0.2, 0.25) is 0 Å². The van der Waals surface area contributed by atoms with Crippen molar-refractivity contribution < 1.29 is 42.9 Å². The van der Waals surface area contributed by atoms with Crippen LogP contribution in [0.3, 0.4) is 0 Å². The van der Waals surface area contributed by atoms with Crippen LogP contribution in [0.25, 0.3) is 0 Å². The van der Waals surface area contributed by atoms with Crippen molar-refractivity contribution in [2.45, 2.75) is 65.2 Å². The van der Waals surface area contributed by atoms with Crippen molar-refractivity contribution in [1.29, 1.82) is 0 Å². The molecule has 2 amide bonds. The van der Waals surface area contributed by atoms with Crippen LogP contribution in [0.5, 0.6) is 0 Å². The van der Waals surface area contributed by atoms with Gasteiger partial charge in [0, 0.05) is 34.6 Å². The minimum absolute atomic E-state index is 0.0886. The summed E-state index contributed by atoms with van der Waals surface area (Å²) in [6.07, 6.45) is -4.65. The predicted molar refractivity (Wildman–Crippen MR) is 107 cm³/mol. The zero-order chi connectivity index (χ0) is 23.7. The van der Waals surface area contributed by atoms with E-state index in [9.17, 15) is 24.0 Å². The number of nitrogens with one attached hydrogen (secondary N) is 4. The van der Waals surface area contributed by atoms with Gasteiger partial charge in [0.25, 0.3) is 0 Å². The Morgan fingerprint density at radius 3 is 1.87 bits per heavy atom. The van der Waals surface area contributed by atoms with Crippen molar-refractivity contribution in [3.8, 4) is 0 Å². The number of thiocarbonyl (C=S) groups is 1. The molecule has 0 saturated carbocycles. The second-order valence-electron chi connectivity index (χ2n) is 6.55. The van der Waals surface area contributed by atoms with Crippen molar-refractivity contribution in [3.05, 3.63) is 0 Å². The zero-order valence-electron chi connectivity index (χ0n) is 17.7.